The van der Waals surface area contributed by atoms with E-state index in [0.29, 0.717) is 0 Å². The molecule has 0 aromatic heterocycles. The fourth-order valence-electron chi connectivity index (χ4n) is 10.2. The van der Waals surface area contributed by atoms with Crippen LogP contribution in [0.2, 0.25) is 0 Å². The van der Waals surface area contributed by atoms with E-state index in [4.69, 9.17) is 0 Å². The molecule has 0 atom stereocenters. The molecule has 1 heteroatoms. The van der Waals surface area contributed by atoms with Crippen LogP contribution in [0.5, 0.6) is 0 Å². The number of rotatable bonds is 2. The number of benzene rings is 4. The molecule has 0 N–H and O–H groups in total. The van der Waals surface area contributed by atoms with Crippen LogP contribution in [-0.4, -0.2) is 0 Å². The topological polar surface area (TPSA) is 0 Å². The van der Waals surface area contributed by atoms with Crippen LogP contribution in [-0.2, 0) is 69.5 Å². The Morgan fingerprint density at radius 1 is 0.333 bits per heavy atom. The molecule has 2 aliphatic carbocycles. The second-order valence-electron chi connectivity index (χ2n) is 26.7. The Morgan fingerprint density at radius 3 is 0.810 bits per heavy atom. The van der Waals surface area contributed by atoms with Crippen molar-refractivity contribution in [2.45, 2.75) is 207 Å². The standard InChI is InChI=1S/2C31H41.Zr/c2*1-28(2,3)24-15-23(16-25(19-24)29(4,5)6)20-13-21-17-26-27(18-22(21)14-20)31(9,10)12-11-30(26,7)8;/h2*13-19H,11-12H2,1-10H3;/q2*-1;+2. The van der Waals surface area contributed by atoms with Crippen molar-refractivity contribution in [3.05, 3.63) is 129 Å². The molecule has 0 saturated carbocycles. The van der Waals surface area contributed by atoms with Crippen molar-refractivity contribution >= 4 is 21.5 Å². The van der Waals surface area contributed by atoms with Crippen molar-refractivity contribution in [3.63, 3.8) is 0 Å². The summed E-state index contributed by atoms with van der Waals surface area (Å²) in [7, 11) is 0. The quantitative estimate of drug-likeness (QED) is 0.152. The Hall–Kier alpha value is -3.02. The first-order valence-electron chi connectivity index (χ1n) is 24.0. The third-order valence-corrected chi connectivity index (χ3v) is 15.4. The summed E-state index contributed by atoms with van der Waals surface area (Å²) in [4.78, 5) is 0. The second kappa shape index (κ2) is 16.1. The number of hydrogen-bond donors (Lipinski definition) is 0. The molecule has 6 aromatic rings. The molecule has 0 aliphatic heterocycles. The molecule has 0 radical (unpaired) electrons. The maximum atomic E-state index is 2.49. The van der Waals surface area contributed by atoms with Crippen molar-refractivity contribution in [1.82, 2.24) is 0 Å². The molecule has 0 amide bonds. The van der Waals surface area contributed by atoms with Gasteiger partial charge in [0, 0.05) is 0 Å². The van der Waals surface area contributed by atoms with Gasteiger partial charge in [-0.25, -0.2) is 0 Å². The largest absolute Gasteiger partial charge is 2.00 e. The van der Waals surface area contributed by atoms with Gasteiger partial charge in [-0.3, -0.25) is 0 Å². The van der Waals surface area contributed by atoms with Gasteiger partial charge in [-0.15, -0.1) is 69.1 Å². The minimum atomic E-state index is 0. The zero-order chi connectivity index (χ0) is 46.0. The maximum Gasteiger partial charge on any atom is 2.00 e. The van der Waals surface area contributed by atoms with E-state index < -0.39 is 0 Å². The number of fused-ring (bicyclic) bond motifs is 4. The van der Waals surface area contributed by atoms with Gasteiger partial charge in [0.05, 0.1) is 0 Å². The van der Waals surface area contributed by atoms with Crippen LogP contribution in [0.1, 0.15) is 209 Å². The summed E-state index contributed by atoms with van der Waals surface area (Å²) in [5.74, 6) is 0. The van der Waals surface area contributed by atoms with Crippen molar-refractivity contribution in [2.75, 3.05) is 0 Å². The van der Waals surface area contributed by atoms with E-state index >= 15 is 0 Å². The molecular formula is C62H82Zr. The van der Waals surface area contributed by atoms with Gasteiger partial charge >= 0.3 is 26.2 Å². The summed E-state index contributed by atoms with van der Waals surface area (Å²) in [6.07, 6.45) is 5.03. The first kappa shape index (κ1) is 49.4. The zero-order valence-corrected chi connectivity index (χ0v) is 45.9. The summed E-state index contributed by atoms with van der Waals surface area (Å²) in [6.45, 7) is 47.1. The average Bonchev–Trinajstić information content (AvgIpc) is 3.77. The smallest absolute Gasteiger partial charge is 0.145 e. The third kappa shape index (κ3) is 9.92. The van der Waals surface area contributed by atoms with Gasteiger partial charge in [0.15, 0.2) is 0 Å². The fourth-order valence-corrected chi connectivity index (χ4v) is 10.2. The molecule has 0 fully saturated rings. The van der Waals surface area contributed by atoms with Crippen LogP contribution in [0, 0.1) is 0 Å². The molecule has 0 saturated heterocycles. The minimum Gasteiger partial charge on any atom is -0.145 e. The van der Waals surface area contributed by atoms with Crippen LogP contribution in [0.15, 0.2) is 84.9 Å². The summed E-state index contributed by atoms with van der Waals surface area (Å²) in [5, 5.41) is 5.55. The summed E-state index contributed by atoms with van der Waals surface area (Å²) in [6, 6.07) is 34.1. The zero-order valence-electron chi connectivity index (χ0n) is 43.4. The molecule has 334 valence electrons. The van der Waals surface area contributed by atoms with Gasteiger partial charge in [0.25, 0.3) is 0 Å². The Labute approximate surface area is 404 Å². The maximum absolute atomic E-state index is 2.49. The van der Waals surface area contributed by atoms with Gasteiger partial charge < -0.3 is 0 Å². The van der Waals surface area contributed by atoms with Crippen LogP contribution < -0.4 is 0 Å². The van der Waals surface area contributed by atoms with Gasteiger partial charge in [-0.05, 0) is 91.3 Å². The second-order valence-corrected chi connectivity index (χ2v) is 26.7. The Morgan fingerprint density at radius 2 is 0.571 bits per heavy atom. The van der Waals surface area contributed by atoms with E-state index in [9.17, 15) is 0 Å². The molecule has 2 aliphatic rings. The minimum absolute atomic E-state index is 0. The van der Waals surface area contributed by atoms with Crippen LogP contribution in [0.4, 0.5) is 0 Å². The van der Waals surface area contributed by atoms with Crippen molar-refractivity contribution in [1.29, 1.82) is 0 Å². The monoisotopic (exact) mass is 917 g/mol. The van der Waals surface area contributed by atoms with Gasteiger partial charge in [0.1, 0.15) is 0 Å². The van der Waals surface area contributed by atoms with Gasteiger partial charge in [0.2, 0.25) is 0 Å². The van der Waals surface area contributed by atoms with Crippen molar-refractivity contribution < 1.29 is 26.2 Å². The molecule has 6 aromatic carbocycles. The fraction of sp³-hybridized carbons (Fsp3) is 0.516. The Kier molecular flexibility index (Phi) is 12.6. The molecule has 0 heterocycles. The normalized spacial score (nSPS) is 18.0. The van der Waals surface area contributed by atoms with Crippen molar-refractivity contribution in [2.24, 2.45) is 0 Å². The molecule has 0 nitrogen and oxygen atoms in total. The predicted octanol–water partition coefficient (Wildman–Crippen LogP) is 18.3. The molecule has 0 unspecified atom stereocenters. The van der Waals surface area contributed by atoms with Crippen LogP contribution in [0.3, 0.4) is 0 Å². The predicted molar refractivity (Wildman–Crippen MR) is 275 cm³/mol. The van der Waals surface area contributed by atoms with Gasteiger partial charge in [-0.1, -0.05) is 220 Å². The summed E-state index contributed by atoms with van der Waals surface area (Å²) in [5.41, 5.74) is 18.8. The molecule has 0 bridgehead atoms. The van der Waals surface area contributed by atoms with Crippen LogP contribution >= 0.6 is 0 Å². The average molecular weight is 919 g/mol. The third-order valence-electron chi connectivity index (χ3n) is 15.4. The van der Waals surface area contributed by atoms with E-state index in [2.05, 4.69) is 223 Å². The summed E-state index contributed by atoms with van der Waals surface area (Å²) < 4.78 is 0. The van der Waals surface area contributed by atoms with E-state index in [1.54, 1.807) is 22.3 Å². The molecular weight excluding hydrogens is 836 g/mol. The summed E-state index contributed by atoms with van der Waals surface area (Å²) >= 11 is 0. The van der Waals surface area contributed by atoms with E-state index in [1.807, 2.05) is 0 Å². The van der Waals surface area contributed by atoms with Gasteiger partial charge in [-0.2, -0.15) is 0 Å². The first-order chi connectivity index (χ1) is 28.2. The van der Waals surface area contributed by atoms with Crippen LogP contribution in [0.25, 0.3) is 43.8 Å². The van der Waals surface area contributed by atoms with E-state index in [1.165, 1.54) is 91.7 Å². The SMILES string of the molecule is CC(C)(C)c1cc(-c2cc3cc4c(cc3[cH-]2)C(C)(C)CCC4(C)C)cc(C(C)(C)C)c1.CC(C)(C)c1cc(-c2cc3cc4c(cc3[cH-]2)C(C)(C)CCC4(C)C)cc(C(C)(C)C)c1.[Zr+2]. The first-order valence-corrected chi connectivity index (χ1v) is 24.0. The number of hydrogen-bond acceptors (Lipinski definition) is 0. The molecule has 63 heavy (non-hydrogen) atoms. The Bertz CT molecular complexity index is 2290. The van der Waals surface area contributed by atoms with E-state index in [0.717, 1.165) is 0 Å². The van der Waals surface area contributed by atoms with Crippen molar-refractivity contribution in [3.8, 4) is 22.3 Å². The molecule has 8 rings (SSSR count). The molecule has 0 spiro atoms. The Balaban J connectivity index is 0.000000206. The van der Waals surface area contributed by atoms with E-state index in [-0.39, 0.29) is 69.5 Å².